The number of rotatable bonds is 4. The molecule has 2 nitrogen and oxygen atoms in total. The van der Waals surface area contributed by atoms with E-state index in [1.54, 1.807) is 11.3 Å². The van der Waals surface area contributed by atoms with Gasteiger partial charge in [0.2, 0.25) is 0 Å². The minimum absolute atomic E-state index is 0.247. The number of nitrogens with one attached hydrogen (secondary N) is 1. The first-order chi connectivity index (χ1) is 8.58. The smallest absolute Gasteiger partial charge is 0.105 e. The first kappa shape index (κ1) is 13.3. The Morgan fingerprint density at radius 1 is 1.44 bits per heavy atom. The van der Waals surface area contributed by atoms with Crippen LogP contribution >= 0.6 is 35.2 Å². The van der Waals surface area contributed by atoms with Gasteiger partial charge in [0.15, 0.2) is 0 Å². The van der Waals surface area contributed by atoms with Crippen molar-refractivity contribution in [2.75, 3.05) is 5.32 Å². The number of nitrogens with two attached hydrogens (primary N) is 1. The molecule has 1 heterocycles. The van der Waals surface area contributed by atoms with E-state index in [1.165, 1.54) is 4.88 Å². The molecule has 0 aliphatic heterocycles. The van der Waals surface area contributed by atoms with Crippen molar-refractivity contribution < 1.29 is 0 Å². The van der Waals surface area contributed by atoms with E-state index in [0.717, 1.165) is 5.69 Å². The summed E-state index contributed by atoms with van der Waals surface area (Å²) >= 11 is 12.8. The molecule has 0 saturated carbocycles. The second kappa shape index (κ2) is 5.69. The van der Waals surface area contributed by atoms with Gasteiger partial charge in [-0.25, -0.2) is 0 Å². The molecule has 1 atom stereocenters. The normalized spacial score (nSPS) is 12.1. The zero-order valence-corrected chi connectivity index (χ0v) is 12.2. The van der Waals surface area contributed by atoms with Gasteiger partial charge in [-0.3, -0.25) is 0 Å². The minimum Gasteiger partial charge on any atom is -0.389 e. The molecule has 0 spiro atoms. The summed E-state index contributed by atoms with van der Waals surface area (Å²) < 4.78 is 0. The molecular formula is C13H13ClN2S2. The van der Waals surface area contributed by atoms with E-state index < -0.39 is 0 Å². The summed E-state index contributed by atoms with van der Waals surface area (Å²) in [5.41, 5.74) is 7.24. The lowest BCUT2D eigenvalue weighted by Gasteiger charge is -2.14. The molecule has 0 saturated heterocycles. The molecular weight excluding hydrogens is 284 g/mol. The Morgan fingerprint density at radius 2 is 2.22 bits per heavy atom. The number of thiocarbonyl (C=S) groups is 1. The maximum absolute atomic E-state index is 6.13. The largest absolute Gasteiger partial charge is 0.389 e. The third kappa shape index (κ3) is 3.02. The fraction of sp³-hybridized carbons (Fsp3) is 0.154. The van der Waals surface area contributed by atoms with Crippen LogP contribution in [0, 0.1) is 0 Å². The highest BCUT2D eigenvalue weighted by Crippen LogP contribution is 2.26. The average Bonchev–Trinajstić information content (AvgIpc) is 2.81. The Balaban J connectivity index is 2.15. The fourth-order valence-corrected chi connectivity index (χ4v) is 2.91. The minimum atomic E-state index is 0.247. The Hall–Kier alpha value is -1.10. The first-order valence-electron chi connectivity index (χ1n) is 5.47. The van der Waals surface area contributed by atoms with E-state index in [2.05, 4.69) is 23.7 Å². The lowest BCUT2D eigenvalue weighted by Crippen LogP contribution is -2.10. The molecule has 3 N–H and O–H groups in total. The molecule has 2 aromatic rings. The number of hydrogen-bond donors (Lipinski definition) is 2. The van der Waals surface area contributed by atoms with Gasteiger partial charge in [0.25, 0.3) is 0 Å². The number of benzene rings is 1. The van der Waals surface area contributed by atoms with Crippen molar-refractivity contribution in [2.45, 2.75) is 13.0 Å². The van der Waals surface area contributed by atoms with Crippen LogP contribution in [0.25, 0.3) is 0 Å². The molecule has 1 aromatic heterocycles. The van der Waals surface area contributed by atoms with Gasteiger partial charge in [0.1, 0.15) is 4.99 Å². The second-order valence-electron chi connectivity index (χ2n) is 3.94. The molecule has 2 rings (SSSR count). The molecule has 0 radical (unpaired) electrons. The summed E-state index contributed by atoms with van der Waals surface area (Å²) in [5.74, 6) is 0. The summed E-state index contributed by atoms with van der Waals surface area (Å²) in [5, 5.41) is 6.03. The number of thiophene rings is 1. The number of anilines is 1. The maximum atomic E-state index is 6.13. The van der Waals surface area contributed by atoms with Gasteiger partial charge in [-0.1, -0.05) is 29.9 Å². The predicted octanol–water partition coefficient (Wildman–Crippen LogP) is 4.21. The second-order valence-corrected chi connectivity index (χ2v) is 5.77. The van der Waals surface area contributed by atoms with E-state index >= 15 is 0 Å². The van der Waals surface area contributed by atoms with Gasteiger partial charge in [0.05, 0.1) is 11.1 Å². The van der Waals surface area contributed by atoms with Crippen LogP contribution in [0.3, 0.4) is 0 Å². The highest BCUT2D eigenvalue weighted by Gasteiger charge is 2.08. The van der Waals surface area contributed by atoms with Crippen LogP contribution < -0.4 is 11.1 Å². The van der Waals surface area contributed by atoms with Crippen molar-refractivity contribution in [2.24, 2.45) is 5.73 Å². The van der Waals surface area contributed by atoms with Crippen LogP contribution in [0.15, 0.2) is 35.7 Å². The highest BCUT2D eigenvalue weighted by molar-refractivity contribution is 7.80. The molecule has 1 aromatic carbocycles. The standard InChI is InChI=1S/C13H13ClN2S2/c1-8(12-3-2-6-18-12)16-9-4-5-10(13(15)17)11(14)7-9/h2-8,16H,1H3,(H2,15,17). The predicted molar refractivity (Wildman–Crippen MR) is 83.7 cm³/mol. The summed E-state index contributed by atoms with van der Waals surface area (Å²) in [4.78, 5) is 1.60. The van der Waals surface area contributed by atoms with Gasteiger partial charge in [0, 0.05) is 16.1 Å². The first-order valence-corrected chi connectivity index (χ1v) is 7.14. The monoisotopic (exact) mass is 296 g/mol. The highest BCUT2D eigenvalue weighted by atomic mass is 35.5. The summed E-state index contributed by atoms with van der Waals surface area (Å²) in [6.07, 6.45) is 0. The zero-order chi connectivity index (χ0) is 13.1. The molecule has 0 fully saturated rings. The van der Waals surface area contributed by atoms with Gasteiger partial charge in [-0.15, -0.1) is 11.3 Å². The summed E-state index contributed by atoms with van der Waals surface area (Å²) in [6, 6.07) is 10.0. The van der Waals surface area contributed by atoms with Gasteiger partial charge in [-0.2, -0.15) is 0 Å². The van der Waals surface area contributed by atoms with Crippen LogP contribution in [0.1, 0.15) is 23.4 Å². The van der Waals surface area contributed by atoms with Gasteiger partial charge in [-0.05, 0) is 36.6 Å². The van der Waals surface area contributed by atoms with Crippen LogP contribution in [-0.2, 0) is 0 Å². The van der Waals surface area contributed by atoms with E-state index in [0.29, 0.717) is 15.6 Å². The number of halogens is 1. The Kier molecular flexibility index (Phi) is 4.22. The molecule has 0 aliphatic carbocycles. The van der Waals surface area contributed by atoms with E-state index in [-0.39, 0.29) is 6.04 Å². The number of hydrogen-bond acceptors (Lipinski definition) is 3. The van der Waals surface area contributed by atoms with Crippen LogP contribution in [0.2, 0.25) is 5.02 Å². The van der Waals surface area contributed by atoms with Crippen molar-refractivity contribution in [1.29, 1.82) is 0 Å². The van der Waals surface area contributed by atoms with E-state index in [1.807, 2.05) is 24.3 Å². The van der Waals surface area contributed by atoms with Crippen LogP contribution in [0.4, 0.5) is 5.69 Å². The van der Waals surface area contributed by atoms with Crippen molar-refractivity contribution in [3.05, 3.63) is 51.2 Å². The van der Waals surface area contributed by atoms with Gasteiger partial charge < -0.3 is 11.1 Å². The maximum Gasteiger partial charge on any atom is 0.105 e. The third-order valence-corrected chi connectivity index (χ3v) is 4.18. The summed E-state index contributed by atoms with van der Waals surface area (Å²) in [6.45, 7) is 2.11. The van der Waals surface area contributed by atoms with Gasteiger partial charge >= 0.3 is 0 Å². The van der Waals surface area contributed by atoms with Crippen molar-refractivity contribution in [3.8, 4) is 0 Å². The molecule has 5 heteroatoms. The molecule has 94 valence electrons. The Bertz CT molecular complexity index is 552. The van der Waals surface area contributed by atoms with Crippen molar-refractivity contribution >= 4 is 45.8 Å². The SMILES string of the molecule is CC(Nc1ccc(C(N)=S)c(Cl)c1)c1cccs1. The Morgan fingerprint density at radius 3 is 2.78 bits per heavy atom. The Labute approximate surface area is 121 Å². The van der Waals surface area contributed by atoms with E-state index in [9.17, 15) is 0 Å². The zero-order valence-electron chi connectivity index (χ0n) is 9.81. The lowest BCUT2D eigenvalue weighted by molar-refractivity contribution is 0.908. The fourth-order valence-electron chi connectivity index (χ4n) is 1.66. The molecule has 18 heavy (non-hydrogen) atoms. The average molecular weight is 297 g/mol. The topological polar surface area (TPSA) is 38.0 Å². The third-order valence-electron chi connectivity index (χ3n) is 2.59. The molecule has 0 aliphatic rings. The molecule has 0 bridgehead atoms. The van der Waals surface area contributed by atoms with Crippen LogP contribution in [0.5, 0.6) is 0 Å². The van der Waals surface area contributed by atoms with Crippen molar-refractivity contribution in [3.63, 3.8) is 0 Å². The lowest BCUT2D eigenvalue weighted by atomic mass is 10.2. The summed E-state index contributed by atoms with van der Waals surface area (Å²) in [7, 11) is 0. The molecule has 0 amide bonds. The quantitative estimate of drug-likeness (QED) is 0.830. The van der Waals surface area contributed by atoms with E-state index in [4.69, 9.17) is 29.6 Å². The molecule has 1 unspecified atom stereocenters. The van der Waals surface area contributed by atoms with Crippen LogP contribution in [-0.4, -0.2) is 4.99 Å². The van der Waals surface area contributed by atoms with Crippen molar-refractivity contribution in [1.82, 2.24) is 0 Å².